The lowest BCUT2D eigenvalue weighted by atomic mass is 10.1. The van der Waals surface area contributed by atoms with Crippen molar-refractivity contribution in [1.82, 2.24) is 15.2 Å². The lowest BCUT2D eigenvalue weighted by molar-refractivity contribution is 0.140. The summed E-state index contributed by atoms with van der Waals surface area (Å²) in [4.78, 5) is 6.47. The predicted molar refractivity (Wildman–Crippen MR) is 61.5 cm³/mol. The second kappa shape index (κ2) is 5.59. The van der Waals surface area contributed by atoms with Crippen LogP contribution >= 0.6 is 0 Å². The van der Waals surface area contributed by atoms with Crippen molar-refractivity contribution < 1.29 is 0 Å². The summed E-state index contributed by atoms with van der Waals surface area (Å²) in [5.74, 6) is 0. The lowest BCUT2D eigenvalue weighted by Crippen LogP contribution is -2.57. The van der Waals surface area contributed by atoms with Gasteiger partial charge in [0, 0.05) is 51.0 Å². The molecule has 1 aliphatic heterocycles. The van der Waals surface area contributed by atoms with Crippen LogP contribution in [0.3, 0.4) is 0 Å². The minimum Gasteiger partial charge on any atom is -0.314 e. The molecular formula is C12H16N4. The van der Waals surface area contributed by atoms with Crippen LogP contribution in [0.4, 0.5) is 0 Å². The summed E-state index contributed by atoms with van der Waals surface area (Å²) in [6.07, 6.45) is 4.27. The summed E-state index contributed by atoms with van der Waals surface area (Å²) in [5, 5.41) is 11.9. The molecule has 1 saturated heterocycles. The van der Waals surface area contributed by atoms with Crippen LogP contribution in [-0.2, 0) is 6.54 Å². The van der Waals surface area contributed by atoms with Gasteiger partial charge in [0.2, 0.25) is 0 Å². The molecule has 0 bridgehead atoms. The third-order valence-electron chi connectivity index (χ3n) is 2.90. The summed E-state index contributed by atoms with van der Waals surface area (Å²) in [6, 6.07) is 6.82. The molecule has 1 aliphatic rings. The molecule has 0 spiro atoms. The number of hydrogen-bond acceptors (Lipinski definition) is 4. The Hall–Kier alpha value is -1.44. The Morgan fingerprint density at radius 3 is 3.00 bits per heavy atom. The molecule has 0 aliphatic carbocycles. The minimum atomic E-state index is 0.577. The number of aromatic nitrogens is 1. The van der Waals surface area contributed by atoms with E-state index in [9.17, 15) is 0 Å². The average molecular weight is 216 g/mol. The van der Waals surface area contributed by atoms with Crippen molar-refractivity contribution in [3.8, 4) is 6.07 Å². The van der Waals surface area contributed by atoms with E-state index >= 15 is 0 Å². The number of pyridine rings is 1. The molecule has 4 nitrogen and oxygen atoms in total. The molecule has 0 radical (unpaired) electrons. The molecule has 0 saturated carbocycles. The van der Waals surface area contributed by atoms with Crippen molar-refractivity contribution in [2.75, 3.05) is 19.6 Å². The van der Waals surface area contributed by atoms with Crippen molar-refractivity contribution in [2.45, 2.75) is 19.0 Å². The first-order chi connectivity index (χ1) is 7.90. The zero-order valence-corrected chi connectivity index (χ0v) is 9.26. The van der Waals surface area contributed by atoms with Crippen LogP contribution in [0.25, 0.3) is 0 Å². The molecule has 1 aromatic rings. The van der Waals surface area contributed by atoms with Gasteiger partial charge in [0.05, 0.1) is 6.07 Å². The fourth-order valence-corrected chi connectivity index (χ4v) is 1.84. The van der Waals surface area contributed by atoms with Gasteiger partial charge in [-0.2, -0.15) is 5.26 Å². The fraction of sp³-hybridized carbons (Fsp3) is 0.500. The third kappa shape index (κ3) is 2.78. The number of nitrogens with one attached hydrogen (secondary N) is 1. The highest BCUT2D eigenvalue weighted by Crippen LogP contribution is 2.11. The largest absolute Gasteiger partial charge is 0.314 e. The Morgan fingerprint density at radius 1 is 1.56 bits per heavy atom. The summed E-state index contributed by atoms with van der Waals surface area (Å²) in [6.45, 7) is 3.80. The van der Waals surface area contributed by atoms with Crippen LogP contribution in [0.5, 0.6) is 0 Å². The SMILES string of the molecule is N#CCCN(Cc1cccnc1)C1CNC1. The van der Waals surface area contributed by atoms with E-state index in [1.54, 1.807) is 6.20 Å². The van der Waals surface area contributed by atoms with E-state index in [-0.39, 0.29) is 0 Å². The summed E-state index contributed by atoms with van der Waals surface area (Å²) in [5.41, 5.74) is 1.22. The molecule has 4 heteroatoms. The molecule has 0 atom stereocenters. The molecule has 0 unspecified atom stereocenters. The zero-order chi connectivity index (χ0) is 11.2. The van der Waals surface area contributed by atoms with Gasteiger partial charge in [-0.25, -0.2) is 0 Å². The summed E-state index contributed by atoms with van der Waals surface area (Å²) in [7, 11) is 0. The minimum absolute atomic E-state index is 0.577. The molecule has 2 rings (SSSR count). The number of nitriles is 1. The van der Waals surface area contributed by atoms with Crippen molar-refractivity contribution in [1.29, 1.82) is 5.26 Å². The molecule has 2 heterocycles. The number of rotatable bonds is 5. The van der Waals surface area contributed by atoms with E-state index in [1.807, 2.05) is 12.3 Å². The van der Waals surface area contributed by atoms with Crippen molar-refractivity contribution in [3.05, 3.63) is 30.1 Å². The van der Waals surface area contributed by atoms with Crippen LogP contribution < -0.4 is 5.32 Å². The van der Waals surface area contributed by atoms with Gasteiger partial charge in [0.1, 0.15) is 0 Å². The van der Waals surface area contributed by atoms with Gasteiger partial charge in [-0.05, 0) is 11.6 Å². The topological polar surface area (TPSA) is 52.0 Å². The Balaban J connectivity index is 1.94. The van der Waals surface area contributed by atoms with E-state index < -0.39 is 0 Å². The van der Waals surface area contributed by atoms with E-state index in [4.69, 9.17) is 5.26 Å². The van der Waals surface area contributed by atoms with Crippen LogP contribution in [0, 0.1) is 11.3 Å². The monoisotopic (exact) mass is 216 g/mol. The molecular weight excluding hydrogens is 200 g/mol. The van der Waals surface area contributed by atoms with Crippen molar-refractivity contribution in [2.24, 2.45) is 0 Å². The van der Waals surface area contributed by atoms with Crippen LogP contribution in [0.2, 0.25) is 0 Å². The second-order valence-corrected chi connectivity index (χ2v) is 4.05. The summed E-state index contributed by atoms with van der Waals surface area (Å²) < 4.78 is 0. The third-order valence-corrected chi connectivity index (χ3v) is 2.90. The molecule has 84 valence electrons. The Labute approximate surface area is 95.9 Å². The first-order valence-electron chi connectivity index (χ1n) is 5.61. The highest BCUT2D eigenvalue weighted by atomic mass is 15.2. The highest BCUT2D eigenvalue weighted by Gasteiger charge is 2.23. The smallest absolute Gasteiger partial charge is 0.0635 e. The maximum absolute atomic E-state index is 8.65. The first-order valence-corrected chi connectivity index (χ1v) is 5.61. The second-order valence-electron chi connectivity index (χ2n) is 4.05. The fourth-order valence-electron chi connectivity index (χ4n) is 1.84. The van der Waals surface area contributed by atoms with Gasteiger partial charge in [-0.15, -0.1) is 0 Å². The van der Waals surface area contributed by atoms with E-state index in [1.165, 1.54) is 5.56 Å². The van der Waals surface area contributed by atoms with Gasteiger partial charge in [0.15, 0.2) is 0 Å². The first kappa shape index (κ1) is 11.1. The highest BCUT2D eigenvalue weighted by molar-refractivity contribution is 5.09. The van der Waals surface area contributed by atoms with Gasteiger partial charge in [-0.1, -0.05) is 6.07 Å². The quantitative estimate of drug-likeness (QED) is 0.790. The van der Waals surface area contributed by atoms with E-state index in [0.29, 0.717) is 12.5 Å². The maximum Gasteiger partial charge on any atom is 0.0635 e. The van der Waals surface area contributed by atoms with E-state index in [2.05, 4.69) is 27.3 Å². The Morgan fingerprint density at radius 2 is 2.44 bits per heavy atom. The zero-order valence-electron chi connectivity index (χ0n) is 9.26. The normalized spacial score (nSPS) is 15.8. The van der Waals surface area contributed by atoms with Gasteiger partial charge >= 0.3 is 0 Å². The maximum atomic E-state index is 8.65. The predicted octanol–water partition coefficient (Wildman–Crippen LogP) is 0.769. The molecule has 16 heavy (non-hydrogen) atoms. The summed E-state index contributed by atoms with van der Waals surface area (Å²) >= 11 is 0. The van der Waals surface area contributed by atoms with Gasteiger partial charge in [-0.3, -0.25) is 9.88 Å². The molecule has 0 aromatic carbocycles. The standard InChI is InChI=1S/C12H16N4/c13-4-2-6-16(12-8-15-9-12)10-11-3-1-5-14-7-11/h1,3,5,7,12,15H,2,6,8-10H2. The van der Waals surface area contributed by atoms with Crippen LogP contribution in [-0.4, -0.2) is 35.6 Å². The molecule has 1 aromatic heterocycles. The van der Waals surface area contributed by atoms with E-state index in [0.717, 1.165) is 26.2 Å². The van der Waals surface area contributed by atoms with Crippen LogP contribution in [0.15, 0.2) is 24.5 Å². The molecule has 1 N–H and O–H groups in total. The number of hydrogen-bond donors (Lipinski definition) is 1. The molecule has 1 fully saturated rings. The van der Waals surface area contributed by atoms with Crippen molar-refractivity contribution in [3.63, 3.8) is 0 Å². The Bertz CT molecular complexity index is 353. The van der Waals surface area contributed by atoms with Gasteiger partial charge in [0.25, 0.3) is 0 Å². The average Bonchev–Trinajstić information content (AvgIpc) is 2.25. The van der Waals surface area contributed by atoms with Gasteiger partial charge < -0.3 is 5.32 Å². The Kier molecular flexibility index (Phi) is 3.86. The lowest BCUT2D eigenvalue weighted by Gasteiger charge is -2.37. The van der Waals surface area contributed by atoms with Crippen molar-refractivity contribution >= 4 is 0 Å². The molecule has 0 amide bonds. The van der Waals surface area contributed by atoms with Crippen LogP contribution in [0.1, 0.15) is 12.0 Å². The number of nitrogens with zero attached hydrogens (tertiary/aromatic N) is 3.